The highest BCUT2D eigenvalue weighted by atomic mass is 35.5. The molecule has 7 heteroatoms. The van der Waals surface area contributed by atoms with Crippen LogP contribution in [-0.2, 0) is 4.79 Å². The Morgan fingerprint density at radius 2 is 1.96 bits per heavy atom. The first-order valence-corrected chi connectivity index (χ1v) is 8.53. The summed E-state index contributed by atoms with van der Waals surface area (Å²) in [4.78, 5) is 26.0. The number of aliphatic carboxylic acids is 1. The molecule has 1 aliphatic heterocycles. The van der Waals surface area contributed by atoms with Gasteiger partial charge in [0, 0.05) is 18.1 Å². The molecule has 0 spiro atoms. The van der Waals surface area contributed by atoms with Gasteiger partial charge in [-0.3, -0.25) is 9.59 Å². The summed E-state index contributed by atoms with van der Waals surface area (Å²) in [5.41, 5.74) is 1.13. The van der Waals surface area contributed by atoms with Crippen LogP contribution in [0.5, 0.6) is 0 Å². The van der Waals surface area contributed by atoms with Gasteiger partial charge in [0.25, 0.3) is 5.91 Å². The van der Waals surface area contributed by atoms with Gasteiger partial charge in [0.15, 0.2) is 0 Å². The van der Waals surface area contributed by atoms with Crippen LogP contribution in [-0.4, -0.2) is 44.8 Å². The first-order valence-electron chi connectivity index (χ1n) is 8.15. The van der Waals surface area contributed by atoms with Gasteiger partial charge in [-0.25, -0.2) is 4.68 Å². The van der Waals surface area contributed by atoms with Crippen LogP contribution in [0.1, 0.15) is 35.8 Å². The smallest absolute Gasteiger partial charge is 0.311 e. The van der Waals surface area contributed by atoms with Gasteiger partial charge in [-0.05, 0) is 51.0 Å². The Labute approximate surface area is 151 Å². The maximum atomic E-state index is 12.9. The second kappa shape index (κ2) is 6.52. The monoisotopic (exact) mass is 361 g/mol. The zero-order chi connectivity index (χ0) is 18.2. The van der Waals surface area contributed by atoms with Gasteiger partial charge in [-0.2, -0.15) is 5.10 Å². The number of amides is 1. The molecular formula is C18H20ClN3O3. The minimum absolute atomic E-state index is 0.176. The molecule has 1 aromatic heterocycles. The molecule has 3 rings (SSSR count). The predicted molar refractivity (Wildman–Crippen MR) is 94.2 cm³/mol. The van der Waals surface area contributed by atoms with E-state index in [0.717, 1.165) is 11.4 Å². The van der Waals surface area contributed by atoms with E-state index in [1.165, 1.54) is 0 Å². The van der Waals surface area contributed by atoms with Crippen molar-refractivity contribution in [2.75, 3.05) is 13.1 Å². The van der Waals surface area contributed by atoms with E-state index < -0.39 is 11.4 Å². The Morgan fingerprint density at radius 1 is 1.28 bits per heavy atom. The number of rotatable bonds is 3. The molecule has 1 aliphatic rings. The Balaban J connectivity index is 1.86. The van der Waals surface area contributed by atoms with Crippen molar-refractivity contribution in [2.45, 2.75) is 26.7 Å². The van der Waals surface area contributed by atoms with Crippen LogP contribution >= 0.6 is 11.6 Å². The van der Waals surface area contributed by atoms with E-state index in [-0.39, 0.29) is 12.5 Å². The summed E-state index contributed by atoms with van der Waals surface area (Å²) in [5, 5.41) is 14.4. The number of benzene rings is 1. The molecule has 1 fully saturated rings. The van der Waals surface area contributed by atoms with E-state index in [4.69, 9.17) is 11.6 Å². The third kappa shape index (κ3) is 3.26. The number of carbonyl (C=O) groups excluding carboxylic acids is 1. The van der Waals surface area contributed by atoms with Crippen LogP contribution in [0.3, 0.4) is 0 Å². The van der Waals surface area contributed by atoms with Crippen LogP contribution in [0, 0.1) is 12.3 Å². The van der Waals surface area contributed by atoms with Gasteiger partial charge >= 0.3 is 5.97 Å². The van der Waals surface area contributed by atoms with Gasteiger partial charge in [0.1, 0.15) is 0 Å². The maximum Gasteiger partial charge on any atom is 0.311 e. The summed E-state index contributed by atoms with van der Waals surface area (Å²) in [5.74, 6) is -1.04. The molecule has 0 aliphatic carbocycles. The Bertz CT molecular complexity index is 815. The summed E-state index contributed by atoms with van der Waals surface area (Å²) >= 11 is 5.91. The highest BCUT2D eigenvalue weighted by Crippen LogP contribution is 2.31. The van der Waals surface area contributed by atoms with E-state index in [1.54, 1.807) is 34.8 Å². The second-order valence-corrected chi connectivity index (χ2v) is 7.16. The molecule has 6 nitrogen and oxygen atoms in total. The molecule has 0 saturated carbocycles. The lowest BCUT2D eigenvalue weighted by atomic mass is 9.82. The minimum Gasteiger partial charge on any atom is -0.481 e. The number of piperidine rings is 1. The second-order valence-electron chi connectivity index (χ2n) is 6.73. The molecule has 1 unspecified atom stereocenters. The van der Waals surface area contributed by atoms with E-state index >= 15 is 0 Å². The number of nitrogens with zero attached hydrogens (tertiary/aromatic N) is 3. The third-order valence-electron chi connectivity index (χ3n) is 4.81. The Morgan fingerprint density at radius 3 is 2.60 bits per heavy atom. The van der Waals surface area contributed by atoms with Crippen molar-refractivity contribution < 1.29 is 14.7 Å². The van der Waals surface area contributed by atoms with Gasteiger partial charge in [0.2, 0.25) is 0 Å². The van der Waals surface area contributed by atoms with Crippen LogP contribution in [0.25, 0.3) is 5.69 Å². The lowest BCUT2D eigenvalue weighted by molar-refractivity contribution is -0.150. The summed E-state index contributed by atoms with van der Waals surface area (Å²) in [6, 6.07) is 7.20. The summed E-state index contributed by atoms with van der Waals surface area (Å²) in [7, 11) is 0. The molecule has 0 bridgehead atoms. The largest absolute Gasteiger partial charge is 0.481 e. The number of carbonyl (C=O) groups is 2. The summed E-state index contributed by atoms with van der Waals surface area (Å²) in [6.07, 6.45) is 2.80. The first kappa shape index (κ1) is 17.5. The molecule has 25 heavy (non-hydrogen) atoms. The fraction of sp³-hybridized carbons (Fsp3) is 0.389. The quantitative estimate of drug-likeness (QED) is 0.911. The average molecular weight is 362 g/mol. The fourth-order valence-electron chi connectivity index (χ4n) is 3.22. The van der Waals surface area contributed by atoms with Crippen LogP contribution < -0.4 is 0 Å². The van der Waals surface area contributed by atoms with E-state index in [9.17, 15) is 14.7 Å². The SMILES string of the molecule is Cc1c(C(=O)N2CCCC(C)(C(=O)O)C2)cnn1-c1ccc(Cl)cc1. The van der Waals surface area contributed by atoms with Crippen molar-refractivity contribution >= 4 is 23.5 Å². The van der Waals surface area contributed by atoms with Crippen molar-refractivity contribution in [3.8, 4) is 5.69 Å². The van der Waals surface area contributed by atoms with Gasteiger partial charge in [0.05, 0.1) is 28.6 Å². The molecule has 1 atom stereocenters. The van der Waals surface area contributed by atoms with Gasteiger partial charge in [-0.1, -0.05) is 11.6 Å². The fourth-order valence-corrected chi connectivity index (χ4v) is 3.35. The van der Waals surface area contributed by atoms with Crippen molar-refractivity contribution in [1.82, 2.24) is 14.7 Å². The van der Waals surface area contributed by atoms with Gasteiger partial charge in [-0.15, -0.1) is 0 Å². The van der Waals surface area contributed by atoms with Crippen LogP contribution in [0.2, 0.25) is 5.02 Å². The van der Waals surface area contributed by atoms with E-state index in [0.29, 0.717) is 30.0 Å². The number of likely N-dealkylation sites (tertiary alicyclic amines) is 1. The normalized spacial score (nSPS) is 20.5. The summed E-state index contributed by atoms with van der Waals surface area (Å²) in [6.45, 7) is 4.30. The Hall–Kier alpha value is -2.34. The number of hydrogen-bond acceptors (Lipinski definition) is 3. The summed E-state index contributed by atoms with van der Waals surface area (Å²) < 4.78 is 1.68. The molecule has 1 N–H and O–H groups in total. The molecule has 2 aromatic rings. The molecule has 0 radical (unpaired) electrons. The minimum atomic E-state index is -0.895. The predicted octanol–water partition coefficient (Wildman–Crippen LogP) is 3.16. The van der Waals surface area contributed by atoms with Crippen molar-refractivity contribution in [2.24, 2.45) is 5.41 Å². The van der Waals surface area contributed by atoms with Gasteiger partial charge < -0.3 is 10.0 Å². The van der Waals surface area contributed by atoms with Crippen LogP contribution in [0.4, 0.5) is 0 Å². The average Bonchev–Trinajstić information content (AvgIpc) is 2.96. The molecule has 1 saturated heterocycles. The van der Waals surface area contributed by atoms with E-state index in [2.05, 4.69) is 5.10 Å². The number of halogens is 1. The van der Waals surface area contributed by atoms with Crippen molar-refractivity contribution in [3.63, 3.8) is 0 Å². The number of hydrogen-bond donors (Lipinski definition) is 1. The highest BCUT2D eigenvalue weighted by molar-refractivity contribution is 6.30. The zero-order valence-corrected chi connectivity index (χ0v) is 15.0. The molecule has 1 amide bonds. The topological polar surface area (TPSA) is 75.4 Å². The number of aromatic nitrogens is 2. The molecule has 1 aromatic carbocycles. The van der Waals surface area contributed by atoms with Crippen LogP contribution in [0.15, 0.2) is 30.5 Å². The highest BCUT2D eigenvalue weighted by Gasteiger charge is 2.40. The first-order chi connectivity index (χ1) is 11.8. The number of carboxylic acids is 1. The number of carboxylic acid groups (broad SMARTS) is 1. The lowest BCUT2D eigenvalue weighted by Gasteiger charge is -2.37. The maximum absolute atomic E-state index is 12.9. The lowest BCUT2D eigenvalue weighted by Crippen LogP contribution is -2.48. The van der Waals surface area contributed by atoms with E-state index in [1.807, 2.05) is 19.1 Å². The standard InChI is InChI=1S/C18H20ClN3O3/c1-12-15(10-20-22(12)14-6-4-13(19)5-7-14)16(23)21-9-3-8-18(2,11-21)17(24)25/h4-7,10H,3,8-9,11H2,1-2H3,(H,24,25). The van der Waals surface area contributed by atoms with Crippen molar-refractivity contribution in [1.29, 1.82) is 0 Å². The molecular weight excluding hydrogens is 342 g/mol. The van der Waals surface area contributed by atoms with Crippen molar-refractivity contribution in [3.05, 3.63) is 46.7 Å². The molecule has 132 valence electrons. The zero-order valence-electron chi connectivity index (χ0n) is 14.2. The third-order valence-corrected chi connectivity index (χ3v) is 5.06. The Kier molecular flexibility index (Phi) is 4.56. The molecule has 2 heterocycles.